The molecule has 1 fully saturated rings. The van der Waals surface area contributed by atoms with Gasteiger partial charge in [-0.3, -0.25) is 4.90 Å². The Bertz CT molecular complexity index is 330. The summed E-state index contributed by atoms with van der Waals surface area (Å²) < 4.78 is 29.0. The molecule has 0 radical (unpaired) electrons. The average Bonchev–Trinajstić information content (AvgIpc) is 2.28. The zero-order valence-electron chi connectivity index (χ0n) is 10.9. The Balaban J connectivity index is 2.50. The normalized spacial score (nSPS) is 27.6. The van der Waals surface area contributed by atoms with Crippen LogP contribution in [0.1, 0.15) is 20.8 Å². The highest BCUT2D eigenvalue weighted by molar-refractivity contribution is 7.92. The molecular weight excluding hydrogens is 240 g/mol. The Hall–Kier alpha value is -0.170. The molecule has 17 heavy (non-hydrogen) atoms. The summed E-state index contributed by atoms with van der Waals surface area (Å²) in [6, 6.07) is 0.264. The fourth-order valence-corrected chi connectivity index (χ4v) is 2.77. The van der Waals surface area contributed by atoms with Crippen LogP contribution in [0.3, 0.4) is 0 Å². The van der Waals surface area contributed by atoms with Crippen molar-refractivity contribution in [3.8, 4) is 0 Å². The lowest BCUT2D eigenvalue weighted by Gasteiger charge is -2.37. The Morgan fingerprint density at radius 1 is 1.47 bits per heavy atom. The van der Waals surface area contributed by atoms with Gasteiger partial charge in [0, 0.05) is 25.7 Å². The third kappa shape index (κ3) is 4.21. The minimum absolute atomic E-state index is 0.0351. The maximum absolute atomic E-state index is 11.7. The van der Waals surface area contributed by atoms with Gasteiger partial charge in [-0.05, 0) is 20.8 Å². The van der Waals surface area contributed by atoms with E-state index in [1.54, 1.807) is 13.8 Å². The molecule has 1 heterocycles. The summed E-state index contributed by atoms with van der Waals surface area (Å²) in [6.07, 6.45) is 0.0351. The van der Waals surface area contributed by atoms with E-state index in [1.165, 1.54) is 0 Å². The molecule has 5 nitrogen and oxygen atoms in total. The van der Waals surface area contributed by atoms with Crippen LogP contribution in [0.2, 0.25) is 0 Å². The lowest BCUT2D eigenvalue weighted by Crippen LogP contribution is -2.51. The van der Waals surface area contributed by atoms with Crippen molar-refractivity contribution in [2.24, 2.45) is 5.73 Å². The van der Waals surface area contributed by atoms with Gasteiger partial charge in [-0.1, -0.05) is 0 Å². The molecule has 0 bridgehead atoms. The molecule has 1 aliphatic rings. The Morgan fingerprint density at radius 3 is 2.65 bits per heavy atom. The van der Waals surface area contributed by atoms with Gasteiger partial charge >= 0.3 is 0 Å². The van der Waals surface area contributed by atoms with Crippen molar-refractivity contribution >= 4 is 9.84 Å². The molecule has 0 aromatic heterocycles. The average molecular weight is 264 g/mol. The van der Waals surface area contributed by atoms with Gasteiger partial charge in [0.1, 0.15) is 0 Å². The summed E-state index contributed by atoms with van der Waals surface area (Å²) in [5, 5.41) is -0.302. The van der Waals surface area contributed by atoms with Gasteiger partial charge in [0.05, 0.1) is 23.7 Å². The van der Waals surface area contributed by atoms with E-state index in [-0.39, 0.29) is 23.1 Å². The fraction of sp³-hybridized carbons (Fsp3) is 1.00. The van der Waals surface area contributed by atoms with Crippen LogP contribution in [0.5, 0.6) is 0 Å². The molecule has 1 saturated heterocycles. The summed E-state index contributed by atoms with van der Waals surface area (Å²) in [5.74, 6) is 0.215. The number of rotatable bonds is 5. The second-order valence-electron chi connectivity index (χ2n) is 4.95. The molecule has 0 spiro atoms. The van der Waals surface area contributed by atoms with Gasteiger partial charge < -0.3 is 10.5 Å². The third-order valence-electron chi connectivity index (χ3n) is 3.28. The maximum atomic E-state index is 11.7. The van der Waals surface area contributed by atoms with Crippen molar-refractivity contribution in [2.45, 2.75) is 38.2 Å². The monoisotopic (exact) mass is 264 g/mol. The van der Waals surface area contributed by atoms with Crippen LogP contribution in [-0.4, -0.2) is 62.7 Å². The molecule has 1 aliphatic heterocycles. The standard InChI is InChI=1S/C11H24N2O3S/c1-9(2)17(14,15)5-4-13-7-11(6-12)16-8-10(13)3/h9-11H,4-8,12H2,1-3H3. The van der Waals surface area contributed by atoms with Gasteiger partial charge in [-0.2, -0.15) is 0 Å². The Labute approximate surface area is 104 Å². The smallest absolute Gasteiger partial charge is 0.153 e. The van der Waals surface area contributed by atoms with Crippen LogP contribution >= 0.6 is 0 Å². The van der Waals surface area contributed by atoms with Crippen molar-refractivity contribution in [1.29, 1.82) is 0 Å². The predicted octanol–water partition coefficient (Wildman–Crippen LogP) is -0.142. The molecule has 2 atom stereocenters. The zero-order chi connectivity index (χ0) is 13.1. The van der Waals surface area contributed by atoms with Gasteiger partial charge in [-0.15, -0.1) is 0 Å². The first-order chi connectivity index (χ1) is 7.86. The van der Waals surface area contributed by atoms with Crippen LogP contribution in [0.15, 0.2) is 0 Å². The Morgan fingerprint density at radius 2 is 2.12 bits per heavy atom. The van der Waals surface area contributed by atoms with E-state index in [1.807, 2.05) is 0 Å². The number of sulfone groups is 1. The summed E-state index contributed by atoms with van der Waals surface area (Å²) in [5.41, 5.74) is 5.57. The van der Waals surface area contributed by atoms with Crippen LogP contribution in [0.25, 0.3) is 0 Å². The maximum Gasteiger partial charge on any atom is 0.153 e. The quantitative estimate of drug-likeness (QED) is 0.748. The first-order valence-electron chi connectivity index (χ1n) is 6.14. The molecular formula is C11H24N2O3S. The van der Waals surface area contributed by atoms with Gasteiger partial charge in [0.25, 0.3) is 0 Å². The zero-order valence-corrected chi connectivity index (χ0v) is 11.7. The molecule has 102 valence electrons. The van der Waals surface area contributed by atoms with Crippen molar-refractivity contribution in [3.05, 3.63) is 0 Å². The SMILES string of the molecule is CC1COC(CN)CN1CCS(=O)(=O)C(C)C. The van der Waals surface area contributed by atoms with E-state index in [0.717, 1.165) is 6.54 Å². The van der Waals surface area contributed by atoms with E-state index in [2.05, 4.69) is 11.8 Å². The second-order valence-corrected chi connectivity index (χ2v) is 7.63. The minimum atomic E-state index is -2.96. The summed E-state index contributed by atoms with van der Waals surface area (Å²) in [4.78, 5) is 2.15. The van der Waals surface area contributed by atoms with E-state index >= 15 is 0 Å². The highest BCUT2D eigenvalue weighted by Crippen LogP contribution is 2.12. The summed E-state index contributed by atoms with van der Waals surface area (Å²) in [6.45, 7) is 7.91. The predicted molar refractivity (Wildman–Crippen MR) is 68.8 cm³/mol. The fourth-order valence-electron chi connectivity index (χ4n) is 1.81. The lowest BCUT2D eigenvalue weighted by atomic mass is 10.2. The number of nitrogens with two attached hydrogens (primary N) is 1. The van der Waals surface area contributed by atoms with E-state index in [0.29, 0.717) is 19.7 Å². The number of ether oxygens (including phenoxy) is 1. The molecule has 0 aliphatic carbocycles. The topological polar surface area (TPSA) is 72.6 Å². The number of morpholine rings is 1. The molecule has 0 amide bonds. The molecule has 0 aromatic carbocycles. The van der Waals surface area contributed by atoms with E-state index in [9.17, 15) is 8.42 Å². The largest absolute Gasteiger partial charge is 0.374 e. The Kier molecular flexibility index (Phi) is 5.37. The molecule has 0 saturated carbocycles. The van der Waals surface area contributed by atoms with Crippen molar-refractivity contribution in [1.82, 2.24) is 4.90 Å². The minimum Gasteiger partial charge on any atom is -0.374 e. The van der Waals surface area contributed by atoms with Crippen molar-refractivity contribution in [2.75, 3.05) is 32.0 Å². The molecule has 1 rings (SSSR count). The van der Waals surface area contributed by atoms with Crippen molar-refractivity contribution in [3.63, 3.8) is 0 Å². The van der Waals surface area contributed by atoms with E-state index < -0.39 is 9.84 Å². The van der Waals surface area contributed by atoms with Gasteiger partial charge in [0.15, 0.2) is 9.84 Å². The molecule has 2 N–H and O–H groups in total. The van der Waals surface area contributed by atoms with Crippen LogP contribution in [-0.2, 0) is 14.6 Å². The van der Waals surface area contributed by atoms with Crippen LogP contribution in [0, 0.1) is 0 Å². The highest BCUT2D eigenvalue weighted by Gasteiger charge is 2.26. The number of hydrogen-bond acceptors (Lipinski definition) is 5. The van der Waals surface area contributed by atoms with E-state index in [4.69, 9.17) is 10.5 Å². The highest BCUT2D eigenvalue weighted by atomic mass is 32.2. The summed E-state index contributed by atoms with van der Waals surface area (Å²) >= 11 is 0. The second kappa shape index (κ2) is 6.13. The van der Waals surface area contributed by atoms with Crippen molar-refractivity contribution < 1.29 is 13.2 Å². The molecule has 0 aromatic rings. The number of hydrogen-bond donors (Lipinski definition) is 1. The summed E-state index contributed by atoms with van der Waals surface area (Å²) in [7, 11) is -2.96. The first-order valence-corrected chi connectivity index (χ1v) is 7.85. The first kappa shape index (κ1) is 14.9. The van der Waals surface area contributed by atoms with Crippen LogP contribution in [0.4, 0.5) is 0 Å². The molecule has 2 unspecified atom stereocenters. The van der Waals surface area contributed by atoms with Gasteiger partial charge in [-0.25, -0.2) is 8.42 Å². The lowest BCUT2D eigenvalue weighted by molar-refractivity contribution is -0.0511. The molecule has 6 heteroatoms. The van der Waals surface area contributed by atoms with Crippen LogP contribution < -0.4 is 5.73 Å². The third-order valence-corrected chi connectivity index (χ3v) is 5.47. The number of nitrogens with zero attached hydrogens (tertiary/aromatic N) is 1. The van der Waals surface area contributed by atoms with Gasteiger partial charge in [0.2, 0.25) is 0 Å².